The van der Waals surface area contributed by atoms with Gasteiger partial charge in [-0.2, -0.15) is 0 Å². The lowest BCUT2D eigenvalue weighted by Gasteiger charge is -2.29. The second-order valence-corrected chi connectivity index (χ2v) is 7.96. The number of benzene rings is 2. The Labute approximate surface area is 198 Å². The van der Waals surface area contributed by atoms with Crippen LogP contribution in [0.2, 0.25) is 0 Å². The fraction of sp³-hybridized carbons (Fsp3) is 0.417. The molecule has 0 aromatic heterocycles. The lowest BCUT2D eigenvalue weighted by atomic mass is 10.1. The fourth-order valence-electron chi connectivity index (χ4n) is 3.14. The van der Waals surface area contributed by atoms with Gasteiger partial charge in [-0.3, -0.25) is 20.0 Å². The average Bonchev–Trinajstić information content (AvgIpc) is 2.83. The summed E-state index contributed by atoms with van der Waals surface area (Å²) in [5.74, 6) is 0.0604. The van der Waals surface area contributed by atoms with Crippen molar-refractivity contribution < 1.29 is 39.4 Å². The number of hydrogen-bond acceptors (Lipinski definition) is 9. The summed E-state index contributed by atoms with van der Waals surface area (Å²) in [6, 6.07) is 13.6. The second kappa shape index (κ2) is 13.6. The summed E-state index contributed by atoms with van der Waals surface area (Å²) in [6.45, 7) is 3.74. The lowest BCUT2D eigenvalue weighted by molar-refractivity contribution is -0.497. The number of aliphatic hydroxyl groups excluding tert-OH is 1. The van der Waals surface area contributed by atoms with E-state index >= 15 is 0 Å². The zero-order valence-electron chi connectivity index (χ0n) is 19.6. The highest BCUT2D eigenvalue weighted by Gasteiger charge is 2.22. The number of esters is 1. The Morgan fingerprint density at radius 2 is 1.59 bits per heavy atom. The monoisotopic (exact) mass is 476 g/mol. The van der Waals surface area contributed by atoms with E-state index in [4.69, 9.17) is 15.2 Å². The first kappa shape index (κ1) is 27.2. The molecule has 10 heteroatoms. The summed E-state index contributed by atoms with van der Waals surface area (Å²) in [6.07, 6.45) is -0.0382. The maximum absolute atomic E-state index is 13.0. The zero-order chi connectivity index (χ0) is 25.1. The van der Waals surface area contributed by atoms with Crippen LogP contribution in [0.4, 0.5) is 0 Å². The number of carbonyl (C=O) groups excluding carboxylic acids is 2. The first-order valence-electron chi connectivity index (χ1n) is 10.9. The van der Waals surface area contributed by atoms with Gasteiger partial charge < -0.3 is 19.5 Å². The number of ether oxygens (including phenoxy) is 2. The molecule has 0 saturated heterocycles. The molecule has 0 bridgehead atoms. The SMILES string of the molecule is COC(=O)CCc1ccc(OCC(O)CN(C(=O)c2ccc(CON(O)O)cc2)C(C)C)cc1. The molecule has 1 unspecified atom stereocenters. The van der Waals surface area contributed by atoms with Crippen molar-refractivity contribution in [2.45, 2.75) is 45.4 Å². The van der Waals surface area contributed by atoms with E-state index < -0.39 is 6.10 Å². The molecule has 186 valence electrons. The van der Waals surface area contributed by atoms with Gasteiger partial charge in [0.05, 0.1) is 25.7 Å². The molecule has 34 heavy (non-hydrogen) atoms. The topological polar surface area (TPSA) is 129 Å². The zero-order valence-corrected chi connectivity index (χ0v) is 19.6. The Bertz CT molecular complexity index is 900. The largest absolute Gasteiger partial charge is 0.491 e. The van der Waals surface area contributed by atoms with Gasteiger partial charge in [-0.1, -0.05) is 24.3 Å². The summed E-state index contributed by atoms with van der Waals surface area (Å²) in [5.41, 5.74) is 2.04. The van der Waals surface area contributed by atoms with Crippen molar-refractivity contribution in [2.24, 2.45) is 0 Å². The van der Waals surface area contributed by atoms with E-state index in [9.17, 15) is 14.7 Å². The van der Waals surface area contributed by atoms with E-state index in [-0.39, 0.29) is 43.1 Å². The van der Waals surface area contributed by atoms with Crippen molar-refractivity contribution >= 4 is 11.9 Å². The number of hydrogen-bond donors (Lipinski definition) is 3. The Balaban J connectivity index is 1.88. The van der Waals surface area contributed by atoms with Crippen LogP contribution in [0.1, 0.15) is 41.8 Å². The molecule has 0 aliphatic rings. The van der Waals surface area contributed by atoms with E-state index in [0.29, 0.717) is 29.7 Å². The Morgan fingerprint density at radius 3 is 2.15 bits per heavy atom. The minimum atomic E-state index is -0.905. The Hall–Kier alpha value is -3.02. The molecular weight excluding hydrogens is 444 g/mol. The van der Waals surface area contributed by atoms with Crippen LogP contribution in [0.15, 0.2) is 48.5 Å². The number of methoxy groups -OCH3 is 1. The molecule has 0 spiro atoms. The van der Waals surface area contributed by atoms with Gasteiger partial charge in [-0.25, -0.2) is 4.84 Å². The van der Waals surface area contributed by atoms with Crippen molar-refractivity contribution in [3.8, 4) is 5.75 Å². The van der Waals surface area contributed by atoms with Gasteiger partial charge >= 0.3 is 5.97 Å². The van der Waals surface area contributed by atoms with Gasteiger partial charge in [0.1, 0.15) is 18.5 Å². The molecule has 2 aromatic rings. The minimum absolute atomic E-state index is 0.00705. The van der Waals surface area contributed by atoms with Gasteiger partial charge in [0, 0.05) is 18.0 Å². The summed E-state index contributed by atoms with van der Waals surface area (Å²) in [7, 11) is 1.36. The van der Waals surface area contributed by atoms with Crippen LogP contribution in [-0.2, 0) is 27.4 Å². The number of rotatable bonds is 13. The molecule has 1 amide bonds. The molecule has 2 aromatic carbocycles. The highest BCUT2D eigenvalue weighted by molar-refractivity contribution is 5.94. The maximum Gasteiger partial charge on any atom is 0.305 e. The molecule has 2 rings (SSSR count). The summed E-state index contributed by atoms with van der Waals surface area (Å²) in [4.78, 5) is 30.3. The van der Waals surface area contributed by atoms with Crippen molar-refractivity contribution in [3.05, 3.63) is 65.2 Å². The summed E-state index contributed by atoms with van der Waals surface area (Å²) >= 11 is 0. The van der Waals surface area contributed by atoms with Crippen LogP contribution >= 0.6 is 0 Å². The van der Waals surface area contributed by atoms with Gasteiger partial charge in [-0.15, -0.1) is 0 Å². The Morgan fingerprint density at radius 1 is 0.971 bits per heavy atom. The van der Waals surface area contributed by atoms with E-state index in [1.165, 1.54) is 7.11 Å². The van der Waals surface area contributed by atoms with E-state index in [2.05, 4.69) is 9.57 Å². The molecule has 1 atom stereocenters. The van der Waals surface area contributed by atoms with Crippen molar-refractivity contribution in [3.63, 3.8) is 0 Å². The van der Waals surface area contributed by atoms with Crippen LogP contribution < -0.4 is 4.74 Å². The highest BCUT2D eigenvalue weighted by atomic mass is 17.1. The van der Waals surface area contributed by atoms with E-state index in [1.807, 2.05) is 26.0 Å². The quantitative estimate of drug-likeness (QED) is 0.295. The minimum Gasteiger partial charge on any atom is -0.491 e. The number of amides is 1. The first-order chi connectivity index (χ1) is 16.2. The molecule has 0 radical (unpaired) electrons. The molecular formula is C24H32N2O8. The standard InChI is InChI=1S/C24H32N2O8/c1-17(2)25(24(29)20-9-4-19(5-10-20)15-34-26(30)31)14-21(27)16-33-22-11-6-18(7-12-22)8-13-23(28)32-3/h4-7,9-12,17,21,27,30-31H,8,13-16H2,1-3H3. The van der Waals surface area contributed by atoms with Gasteiger partial charge in [0.2, 0.25) is 0 Å². The third-order valence-electron chi connectivity index (χ3n) is 5.05. The molecule has 0 aliphatic heterocycles. The average molecular weight is 477 g/mol. The summed E-state index contributed by atoms with van der Waals surface area (Å²) in [5, 5.41) is 27.3. The summed E-state index contributed by atoms with van der Waals surface area (Å²) < 4.78 is 10.3. The molecule has 0 heterocycles. The lowest BCUT2D eigenvalue weighted by Crippen LogP contribution is -2.43. The van der Waals surface area contributed by atoms with Crippen LogP contribution in [0, 0.1) is 0 Å². The van der Waals surface area contributed by atoms with Crippen LogP contribution in [0.3, 0.4) is 0 Å². The van der Waals surface area contributed by atoms with E-state index in [1.54, 1.807) is 41.3 Å². The van der Waals surface area contributed by atoms with Crippen LogP contribution in [-0.4, -0.2) is 70.1 Å². The molecule has 0 saturated carbocycles. The third kappa shape index (κ3) is 9.08. The predicted molar refractivity (Wildman–Crippen MR) is 121 cm³/mol. The highest BCUT2D eigenvalue weighted by Crippen LogP contribution is 2.15. The number of nitrogens with zero attached hydrogens (tertiary/aromatic N) is 2. The molecule has 0 fully saturated rings. The van der Waals surface area contributed by atoms with E-state index in [0.717, 1.165) is 5.56 Å². The van der Waals surface area contributed by atoms with Crippen LogP contribution in [0.5, 0.6) is 5.75 Å². The number of aliphatic hydroxyl groups is 1. The predicted octanol–water partition coefficient (Wildman–Crippen LogP) is 2.59. The van der Waals surface area contributed by atoms with Gasteiger partial charge in [-0.05, 0) is 55.7 Å². The van der Waals surface area contributed by atoms with Crippen molar-refractivity contribution in [1.29, 1.82) is 0 Å². The second-order valence-electron chi connectivity index (χ2n) is 7.96. The number of aryl methyl sites for hydroxylation is 1. The van der Waals surface area contributed by atoms with Crippen molar-refractivity contribution in [1.82, 2.24) is 10.3 Å². The third-order valence-corrected chi connectivity index (χ3v) is 5.05. The Kier molecular flexibility index (Phi) is 10.9. The first-order valence-corrected chi connectivity index (χ1v) is 10.9. The van der Waals surface area contributed by atoms with Gasteiger partial charge in [0.25, 0.3) is 5.91 Å². The fourth-order valence-corrected chi connectivity index (χ4v) is 3.14. The smallest absolute Gasteiger partial charge is 0.305 e. The van der Waals surface area contributed by atoms with Crippen LogP contribution in [0.25, 0.3) is 0 Å². The van der Waals surface area contributed by atoms with Crippen molar-refractivity contribution in [2.75, 3.05) is 20.3 Å². The molecule has 0 aliphatic carbocycles. The van der Waals surface area contributed by atoms with Gasteiger partial charge in [0.15, 0.2) is 0 Å². The molecule has 3 N–H and O–H groups in total. The molecule has 10 nitrogen and oxygen atoms in total. The maximum atomic E-state index is 13.0. The normalized spacial score (nSPS) is 12.0. The number of carbonyl (C=O) groups is 2.